The van der Waals surface area contributed by atoms with Crippen LogP contribution in [0.3, 0.4) is 0 Å². The summed E-state index contributed by atoms with van der Waals surface area (Å²) in [7, 11) is -3.87. The summed E-state index contributed by atoms with van der Waals surface area (Å²) in [5.74, 6) is -0.854. The highest BCUT2D eigenvalue weighted by atomic mass is 32.2. The summed E-state index contributed by atoms with van der Waals surface area (Å²) < 4.78 is 54.4. The molecule has 0 aromatic heterocycles. The number of nitrogens with one attached hydrogen (secondary N) is 2. The fourth-order valence-corrected chi connectivity index (χ4v) is 9.79. The van der Waals surface area contributed by atoms with Gasteiger partial charge in [0.05, 0.1) is 29.8 Å². The first-order chi connectivity index (χ1) is 21.1. The molecule has 6 aliphatic rings. The molecule has 1 amide bonds. The Morgan fingerprint density at radius 1 is 1.11 bits per heavy atom. The number of benzene rings is 1. The third-order valence-corrected chi connectivity index (χ3v) is 13.5. The van der Waals surface area contributed by atoms with Gasteiger partial charge in [0.25, 0.3) is 5.91 Å². The number of rotatable bonds is 11. The maximum atomic E-state index is 15.3. The second-order valence-electron chi connectivity index (χ2n) is 14.5. The molecule has 3 N–H and O–H groups in total. The standard InChI is InChI=1S/C33H46FN3O6S/c34-27-16-22(32(39)36-44(40,41)25-7-13-42-14-8-25)3-4-28(27)37-18-23-15-24(37)17-29(23)43-19-26(31(38)21-1-2-21)30(35)20-5-9-33(10-6-20)11-12-33/h3-4,16,20-21,23-26,29,31,35,38H,1-2,5-15,17-19H2,(H,36,39)/t23-,24-,26?,29+,31?/m0/s1. The van der Waals surface area contributed by atoms with Gasteiger partial charge in [-0.15, -0.1) is 0 Å². The lowest BCUT2D eigenvalue weighted by Gasteiger charge is -2.36. The van der Waals surface area contributed by atoms with E-state index in [-0.39, 0.29) is 41.4 Å². The number of aliphatic hydroxyl groups is 1. The Morgan fingerprint density at radius 3 is 2.45 bits per heavy atom. The summed E-state index contributed by atoms with van der Waals surface area (Å²) in [6.45, 7) is 1.68. The van der Waals surface area contributed by atoms with Gasteiger partial charge >= 0.3 is 0 Å². The Morgan fingerprint density at radius 2 is 1.84 bits per heavy atom. The Hall–Kier alpha value is -2.08. The van der Waals surface area contributed by atoms with E-state index in [0.29, 0.717) is 56.0 Å². The van der Waals surface area contributed by atoms with Crippen LogP contribution in [0.5, 0.6) is 0 Å². The Kier molecular flexibility index (Phi) is 8.29. The number of anilines is 1. The van der Waals surface area contributed by atoms with Crippen LogP contribution in [0.4, 0.5) is 10.1 Å². The summed E-state index contributed by atoms with van der Waals surface area (Å²) in [5.41, 5.74) is 1.65. The molecule has 5 atom stereocenters. The van der Waals surface area contributed by atoms with Gasteiger partial charge in [-0.3, -0.25) is 4.79 Å². The number of hydrogen-bond acceptors (Lipinski definition) is 8. The van der Waals surface area contributed by atoms with Crippen molar-refractivity contribution in [3.63, 3.8) is 0 Å². The summed E-state index contributed by atoms with van der Waals surface area (Å²) >= 11 is 0. The molecule has 2 aliphatic heterocycles. The second kappa shape index (κ2) is 11.9. The van der Waals surface area contributed by atoms with Crippen LogP contribution in [0.2, 0.25) is 0 Å². The molecule has 4 aliphatic carbocycles. The van der Waals surface area contributed by atoms with E-state index in [1.54, 1.807) is 6.07 Å². The van der Waals surface area contributed by atoms with Gasteiger partial charge in [0.15, 0.2) is 0 Å². The van der Waals surface area contributed by atoms with E-state index in [1.807, 2.05) is 4.90 Å². The lowest BCUT2D eigenvalue weighted by molar-refractivity contribution is -0.0157. The third kappa shape index (κ3) is 6.18. The van der Waals surface area contributed by atoms with Crippen LogP contribution in [-0.4, -0.2) is 75.0 Å². The second-order valence-corrected chi connectivity index (χ2v) is 16.5. The van der Waals surface area contributed by atoms with Crippen LogP contribution in [-0.2, 0) is 19.5 Å². The number of carbonyl (C=O) groups is 1. The molecule has 44 heavy (non-hydrogen) atoms. The number of amides is 1. The quantitative estimate of drug-likeness (QED) is 0.308. The molecule has 1 aromatic rings. The molecular formula is C33H46FN3O6S. The van der Waals surface area contributed by atoms with E-state index in [2.05, 4.69) is 4.72 Å². The van der Waals surface area contributed by atoms with Crippen molar-refractivity contribution in [1.82, 2.24) is 4.72 Å². The van der Waals surface area contributed by atoms with Crippen molar-refractivity contribution < 1.29 is 32.2 Å². The number of sulfonamides is 1. The number of aliphatic hydroxyl groups excluding tert-OH is 1. The molecule has 2 unspecified atom stereocenters. The van der Waals surface area contributed by atoms with Crippen molar-refractivity contribution in [2.45, 2.75) is 101 Å². The highest BCUT2D eigenvalue weighted by molar-refractivity contribution is 7.90. The van der Waals surface area contributed by atoms with Crippen LogP contribution >= 0.6 is 0 Å². The zero-order chi connectivity index (χ0) is 30.6. The lowest BCUT2D eigenvalue weighted by atomic mass is 9.74. The van der Waals surface area contributed by atoms with Crippen molar-refractivity contribution in [3.8, 4) is 0 Å². The number of piperidine rings is 1. The predicted octanol–water partition coefficient (Wildman–Crippen LogP) is 4.43. The van der Waals surface area contributed by atoms with Crippen molar-refractivity contribution >= 4 is 27.3 Å². The minimum Gasteiger partial charge on any atom is -0.392 e. The van der Waals surface area contributed by atoms with Crippen LogP contribution in [0.1, 0.15) is 87.4 Å². The Bertz CT molecular complexity index is 1370. The zero-order valence-corrected chi connectivity index (χ0v) is 26.2. The number of fused-ring (bicyclic) bond motifs is 2. The predicted molar refractivity (Wildman–Crippen MR) is 164 cm³/mol. The topological polar surface area (TPSA) is 129 Å². The van der Waals surface area contributed by atoms with Crippen molar-refractivity contribution in [3.05, 3.63) is 29.6 Å². The highest BCUT2D eigenvalue weighted by Crippen LogP contribution is 2.57. The van der Waals surface area contributed by atoms with Crippen molar-refractivity contribution in [1.29, 1.82) is 5.41 Å². The van der Waals surface area contributed by atoms with Gasteiger partial charge < -0.3 is 24.9 Å². The van der Waals surface area contributed by atoms with Gasteiger partial charge in [0, 0.05) is 48.9 Å². The summed E-state index contributed by atoms with van der Waals surface area (Å²) in [5, 5.41) is 19.5. The number of ether oxygens (including phenoxy) is 2. The average Bonchev–Trinajstić information content (AvgIpc) is 3.94. The van der Waals surface area contributed by atoms with Crippen LogP contribution in [0, 0.1) is 40.3 Å². The fourth-order valence-electron chi connectivity index (χ4n) is 8.43. The van der Waals surface area contributed by atoms with Crippen LogP contribution < -0.4 is 9.62 Å². The van der Waals surface area contributed by atoms with E-state index in [4.69, 9.17) is 14.9 Å². The Labute approximate surface area is 259 Å². The maximum Gasteiger partial charge on any atom is 0.264 e. The number of hydrogen-bond donors (Lipinski definition) is 3. The van der Waals surface area contributed by atoms with Gasteiger partial charge in [-0.2, -0.15) is 0 Å². The normalized spacial score (nSPS) is 30.0. The first kappa shape index (κ1) is 30.6. The van der Waals surface area contributed by atoms with Crippen molar-refractivity contribution in [2.75, 3.05) is 31.3 Å². The largest absolute Gasteiger partial charge is 0.392 e. The fraction of sp³-hybridized carbons (Fsp3) is 0.758. The first-order valence-corrected chi connectivity index (χ1v) is 18.2. The van der Waals surface area contributed by atoms with Gasteiger partial charge in [-0.1, -0.05) is 0 Å². The van der Waals surface area contributed by atoms with Gasteiger partial charge in [0.1, 0.15) is 5.82 Å². The molecule has 6 fully saturated rings. The van der Waals surface area contributed by atoms with E-state index in [9.17, 15) is 18.3 Å². The molecule has 4 saturated carbocycles. The maximum absolute atomic E-state index is 15.3. The smallest absolute Gasteiger partial charge is 0.264 e. The van der Waals surface area contributed by atoms with Crippen LogP contribution in [0.25, 0.3) is 0 Å². The Balaban J connectivity index is 0.944. The molecule has 1 spiro atoms. The summed E-state index contributed by atoms with van der Waals surface area (Å²) in [6, 6.07) is 4.28. The number of carbonyl (C=O) groups excluding carboxylic acids is 1. The minimum absolute atomic E-state index is 0.0162. The SMILES string of the molecule is N=C(C1CCC2(CC1)CC2)C(CO[C@@H]1C[C@@H]2C[C@H]1CN2c1ccc(C(=O)NS(=O)(=O)C2CCOCC2)cc1F)C(O)C1CC1. The molecule has 2 heterocycles. The zero-order valence-electron chi connectivity index (χ0n) is 25.4. The molecule has 2 bridgehead atoms. The molecule has 1 aromatic carbocycles. The van der Waals surface area contributed by atoms with Gasteiger partial charge in [-0.25, -0.2) is 17.5 Å². The van der Waals surface area contributed by atoms with Gasteiger partial charge in [-0.05, 0) is 112 Å². The average molecular weight is 632 g/mol. The first-order valence-electron chi connectivity index (χ1n) is 16.7. The molecular weight excluding hydrogens is 585 g/mol. The third-order valence-electron chi connectivity index (χ3n) is 11.7. The van der Waals surface area contributed by atoms with Crippen LogP contribution in [0.15, 0.2) is 18.2 Å². The minimum atomic E-state index is -3.87. The summed E-state index contributed by atoms with van der Waals surface area (Å²) in [6.07, 6.45) is 11.1. The molecule has 2 saturated heterocycles. The number of halogens is 1. The van der Waals surface area contributed by atoms with Gasteiger partial charge in [0.2, 0.25) is 10.0 Å². The van der Waals surface area contributed by atoms with E-state index in [0.717, 1.165) is 44.6 Å². The molecule has 7 rings (SSSR count). The number of nitrogens with zero attached hydrogens (tertiary/aromatic N) is 1. The highest BCUT2D eigenvalue weighted by Gasteiger charge is 2.49. The van der Waals surface area contributed by atoms with E-state index in [1.165, 1.54) is 31.7 Å². The molecule has 0 radical (unpaired) electrons. The molecule has 242 valence electrons. The molecule has 11 heteroatoms. The van der Waals surface area contributed by atoms with E-state index >= 15 is 4.39 Å². The summed E-state index contributed by atoms with van der Waals surface area (Å²) in [4.78, 5) is 14.7. The van der Waals surface area contributed by atoms with E-state index < -0.39 is 33.1 Å². The molecule has 9 nitrogen and oxygen atoms in total. The lowest BCUT2D eigenvalue weighted by Crippen LogP contribution is -2.42. The monoisotopic (exact) mass is 631 g/mol. The van der Waals surface area contributed by atoms with Crippen molar-refractivity contribution in [2.24, 2.45) is 29.1 Å².